The Morgan fingerprint density at radius 2 is 1.74 bits per heavy atom. The number of alkyl carbamates (subject to hydrolysis) is 1. The van der Waals surface area contributed by atoms with Crippen molar-refractivity contribution in [2.75, 3.05) is 19.8 Å². The standard InChI is InChI=1S/C27H32N2O6/c1-2-7-18(13-25(30)31)29-26(32)17-12-19(34-15-17)14-28-27(33)35-16-24-22-10-5-3-8-20(22)21-9-4-6-11-23(21)24/h3-6,8-11,17-19,24H,2,7,12-16H2,1H3,(H,28,33)(H,29,32)(H,30,31)/t17-,18?,19-/m0/s1. The number of amides is 2. The number of rotatable bonds is 10. The zero-order chi connectivity index (χ0) is 24.8. The Kier molecular flexibility index (Phi) is 8.02. The van der Waals surface area contributed by atoms with Crippen LogP contribution in [0.1, 0.15) is 49.7 Å². The SMILES string of the molecule is CCCC(CC(=O)O)NC(=O)[C@@H]1CO[C@H](CNC(=O)OCC2c3ccccc3-c3ccccc32)C1. The van der Waals surface area contributed by atoms with E-state index in [9.17, 15) is 14.4 Å². The highest BCUT2D eigenvalue weighted by Crippen LogP contribution is 2.44. The monoisotopic (exact) mass is 480 g/mol. The molecule has 3 N–H and O–H groups in total. The number of hydrogen-bond acceptors (Lipinski definition) is 5. The lowest BCUT2D eigenvalue weighted by Crippen LogP contribution is -2.40. The van der Waals surface area contributed by atoms with Gasteiger partial charge in [-0.1, -0.05) is 61.9 Å². The summed E-state index contributed by atoms with van der Waals surface area (Å²) in [6.07, 6.45) is 0.939. The number of nitrogens with one attached hydrogen (secondary N) is 2. The quantitative estimate of drug-likeness (QED) is 0.478. The van der Waals surface area contributed by atoms with E-state index >= 15 is 0 Å². The van der Waals surface area contributed by atoms with Crippen molar-refractivity contribution >= 4 is 18.0 Å². The maximum absolute atomic E-state index is 12.6. The van der Waals surface area contributed by atoms with Crippen LogP contribution in [0.2, 0.25) is 0 Å². The van der Waals surface area contributed by atoms with Crippen LogP contribution in [0, 0.1) is 5.92 Å². The van der Waals surface area contributed by atoms with Crippen LogP contribution in [0.25, 0.3) is 11.1 Å². The van der Waals surface area contributed by atoms with Gasteiger partial charge in [-0.2, -0.15) is 0 Å². The first-order chi connectivity index (χ1) is 17.0. The van der Waals surface area contributed by atoms with E-state index in [0.29, 0.717) is 12.8 Å². The van der Waals surface area contributed by atoms with Gasteiger partial charge in [0.15, 0.2) is 0 Å². The molecule has 2 aromatic carbocycles. The van der Waals surface area contributed by atoms with Crippen LogP contribution in [0.3, 0.4) is 0 Å². The van der Waals surface area contributed by atoms with Gasteiger partial charge in [-0.05, 0) is 35.1 Å². The van der Waals surface area contributed by atoms with Crippen LogP contribution in [0.15, 0.2) is 48.5 Å². The van der Waals surface area contributed by atoms with Crippen LogP contribution >= 0.6 is 0 Å². The van der Waals surface area contributed by atoms with Gasteiger partial charge in [0.2, 0.25) is 5.91 Å². The summed E-state index contributed by atoms with van der Waals surface area (Å²) in [7, 11) is 0. The maximum Gasteiger partial charge on any atom is 0.407 e. The number of carbonyl (C=O) groups excluding carboxylic acids is 2. The summed E-state index contributed by atoms with van der Waals surface area (Å²) in [6, 6.07) is 15.9. The minimum Gasteiger partial charge on any atom is -0.481 e. The van der Waals surface area contributed by atoms with Crippen molar-refractivity contribution in [2.45, 2.75) is 50.7 Å². The molecular weight excluding hydrogens is 448 g/mol. The minimum atomic E-state index is -0.934. The van der Waals surface area contributed by atoms with E-state index in [1.807, 2.05) is 31.2 Å². The number of benzene rings is 2. The number of carboxylic acid groups (broad SMARTS) is 1. The minimum absolute atomic E-state index is 0.00849. The Bertz CT molecular complexity index is 1030. The predicted molar refractivity (Wildman–Crippen MR) is 130 cm³/mol. The van der Waals surface area contributed by atoms with E-state index < -0.39 is 12.1 Å². The van der Waals surface area contributed by atoms with Crippen molar-refractivity contribution in [3.8, 4) is 11.1 Å². The number of carbonyl (C=O) groups is 3. The maximum atomic E-state index is 12.6. The molecular formula is C27H32N2O6. The molecule has 0 bridgehead atoms. The Morgan fingerprint density at radius 3 is 2.37 bits per heavy atom. The van der Waals surface area contributed by atoms with E-state index in [-0.39, 0.29) is 56.1 Å². The molecule has 0 saturated carbocycles. The molecule has 8 heteroatoms. The van der Waals surface area contributed by atoms with Crippen LogP contribution in [-0.2, 0) is 19.1 Å². The molecule has 0 spiro atoms. The predicted octanol–water partition coefficient (Wildman–Crippen LogP) is 3.69. The zero-order valence-corrected chi connectivity index (χ0v) is 19.9. The third-order valence-electron chi connectivity index (χ3n) is 6.67. The molecule has 1 aliphatic carbocycles. The summed E-state index contributed by atoms with van der Waals surface area (Å²) in [5, 5.41) is 14.6. The molecule has 2 amide bonds. The van der Waals surface area contributed by atoms with Gasteiger partial charge in [-0.15, -0.1) is 0 Å². The first kappa shape index (κ1) is 24.7. The third-order valence-corrected chi connectivity index (χ3v) is 6.67. The summed E-state index contributed by atoms with van der Waals surface area (Å²) >= 11 is 0. The average Bonchev–Trinajstić information content (AvgIpc) is 3.44. The van der Waals surface area contributed by atoms with E-state index in [0.717, 1.165) is 17.5 Å². The van der Waals surface area contributed by atoms with E-state index in [2.05, 4.69) is 34.9 Å². The molecule has 0 radical (unpaired) electrons. The van der Waals surface area contributed by atoms with E-state index in [1.54, 1.807) is 0 Å². The smallest absolute Gasteiger partial charge is 0.407 e. The molecule has 8 nitrogen and oxygen atoms in total. The normalized spacial score (nSPS) is 19.5. The zero-order valence-electron chi connectivity index (χ0n) is 19.9. The van der Waals surface area contributed by atoms with Crippen LogP contribution in [0.5, 0.6) is 0 Å². The average molecular weight is 481 g/mol. The van der Waals surface area contributed by atoms with E-state index in [4.69, 9.17) is 14.6 Å². The van der Waals surface area contributed by atoms with Gasteiger partial charge >= 0.3 is 12.1 Å². The van der Waals surface area contributed by atoms with Crippen molar-refractivity contribution in [2.24, 2.45) is 5.92 Å². The largest absolute Gasteiger partial charge is 0.481 e. The van der Waals surface area contributed by atoms with Gasteiger partial charge in [-0.25, -0.2) is 4.79 Å². The van der Waals surface area contributed by atoms with Crippen molar-refractivity contribution in [1.82, 2.24) is 10.6 Å². The highest BCUT2D eigenvalue weighted by Gasteiger charge is 2.33. The summed E-state index contributed by atoms with van der Waals surface area (Å²) in [5.74, 6) is -1.51. The van der Waals surface area contributed by atoms with Crippen LogP contribution < -0.4 is 10.6 Å². The highest BCUT2D eigenvalue weighted by molar-refractivity contribution is 5.80. The lowest BCUT2D eigenvalue weighted by molar-refractivity contribution is -0.137. The topological polar surface area (TPSA) is 114 Å². The van der Waals surface area contributed by atoms with Crippen molar-refractivity contribution in [1.29, 1.82) is 0 Å². The van der Waals surface area contributed by atoms with Gasteiger partial charge < -0.3 is 25.2 Å². The Balaban J connectivity index is 1.23. The first-order valence-corrected chi connectivity index (χ1v) is 12.2. The number of fused-ring (bicyclic) bond motifs is 3. The van der Waals surface area contributed by atoms with Gasteiger partial charge in [-0.3, -0.25) is 9.59 Å². The van der Waals surface area contributed by atoms with Gasteiger partial charge in [0.1, 0.15) is 6.61 Å². The lowest BCUT2D eigenvalue weighted by atomic mass is 9.98. The second-order valence-electron chi connectivity index (χ2n) is 9.19. The molecule has 1 unspecified atom stereocenters. The molecule has 35 heavy (non-hydrogen) atoms. The van der Waals surface area contributed by atoms with Crippen LogP contribution in [0.4, 0.5) is 4.79 Å². The third kappa shape index (κ3) is 6.00. The number of aliphatic carboxylic acids is 1. The number of hydrogen-bond donors (Lipinski definition) is 3. The lowest BCUT2D eigenvalue weighted by Gasteiger charge is -2.18. The summed E-state index contributed by atoms with van der Waals surface area (Å²) in [4.78, 5) is 36.0. The Morgan fingerprint density at radius 1 is 1.09 bits per heavy atom. The van der Waals surface area contributed by atoms with Crippen molar-refractivity contribution in [3.05, 3.63) is 59.7 Å². The fourth-order valence-electron chi connectivity index (χ4n) is 4.98. The molecule has 1 fully saturated rings. The molecule has 1 heterocycles. The van der Waals surface area contributed by atoms with Crippen LogP contribution in [-0.4, -0.2) is 55.0 Å². The second-order valence-corrected chi connectivity index (χ2v) is 9.19. The summed E-state index contributed by atoms with van der Waals surface area (Å²) < 4.78 is 11.2. The number of ether oxygens (including phenoxy) is 2. The van der Waals surface area contributed by atoms with Crippen molar-refractivity contribution in [3.63, 3.8) is 0 Å². The Hall–Kier alpha value is -3.39. The van der Waals surface area contributed by atoms with Gasteiger partial charge in [0, 0.05) is 18.5 Å². The first-order valence-electron chi connectivity index (χ1n) is 12.2. The molecule has 4 rings (SSSR count). The molecule has 2 aliphatic rings. The number of carboxylic acids is 1. The van der Waals surface area contributed by atoms with Gasteiger partial charge in [0.25, 0.3) is 0 Å². The molecule has 186 valence electrons. The summed E-state index contributed by atoms with van der Waals surface area (Å²) in [5.41, 5.74) is 4.65. The van der Waals surface area contributed by atoms with Crippen molar-refractivity contribution < 1.29 is 29.0 Å². The Labute approximate surface area is 205 Å². The molecule has 1 saturated heterocycles. The fraction of sp³-hybridized carbons (Fsp3) is 0.444. The molecule has 1 aliphatic heterocycles. The highest BCUT2D eigenvalue weighted by atomic mass is 16.5. The second kappa shape index (κ2) is 11.4. The van der Waals surface area contributed by atoms with Gasteiger partial charge in [0.05, 0.1) is 25.0 Å². The molecule has 3 atom stereocenters. The molecule has 2 aromatic rings. The van der Waals surface area contributed by atoms with E-state index in [1.165, 1.54) is 11.1 Å². The molecule has 0 aromatic heterocycles. The summed E-state index contributed by atoms with van der Waals surface area (Å²) in [6.45, 7) is 2.67. The fourth-order valence-corrected chi connectivity index (χ4v) is 4.98.